The second kappa shape index (κ2) is 4.75. The van der Waals surface area contributed by atoms with Crippen LogP contribution in [0.2, 0.25) is 0 Å². The van der Waals surface area contributed by atoms with Gasteiger partial charge in [-0.15, -0.1) is 0 Å². The molecule has 1 aromatic heterocycles. The molecule has 0 spiro atoms. The molecule has 0 amide bonds. The maximum Gasteiger partial charge on any atom is 0.257 e. The largest absolute Gasteiger partial charge is 0.332 e. The summed E-state index contributed by atoms with van der Waals surface area (Å²) in [5.74, 6) is 0.601. The molecule has 2 unspecified atom stereocenters. The van der Waals surface area contributed by atoms with Gasteiger partial charge in [0.2, 0.25) is 0 Å². The number of nitrogens with zero attached hydrogens (tertiary/aromatic N) is 1. The van der Waals surface area contributed by atoms with E-state index >= 15 is 0 Å². The van der Waals surface area contributed by atoms with E-state index in [1.54, 1.807) is 6.92 Å². The molecule has 0 bridgehead atoms. The predicted octanol–water partition coefficient (Wildman–Crippen LogP) is 0.137. The first-order chi connectivity index (χ1) is 7.97. The average molecular weight is 258 g/mol. The lowest BCUT2D eigenvalue weighted by molar-refractivity contribution is 0.361. The van der Waals surface area contributed by atoms with Crippen molar-refractivity contribution < 1.29 is 8.42 Å². The molecule has 2 heterocycles. The molecule has 96 valence electrons. The van der Waals surface area contributed by atoms with Gasteiger partial charge in [-0.25, -0.2) is 18.1 Å². The molecule has 1 fully saturated rings. The van der Waals surface area contributed by atoms with Crippen molar-refractivity contribution >= 4 is 10.0 Å². The van der Waals surface area contributed by atoms with Crippen molar-refractivity contribution in [3.05, 3.63) is 12.0 Å². The van der Waals surface area contributed by atoms with Crippen molar-refractivity contribution in [1.29, 1.82) is 0 Å². The summed E-state index contributed by atoms with van der Waals surface area (Å²) in [7, 11) is -3.46. The Hall–Kier alpha value is -0.920. The first kappa shape index (κ1) is 12.5. The average Bonchev–Trinajstić information content (AvgIpc) is 2.65. The summed E-state index contributed by atoms with van der Waals surface area (Å²) in [5.41, 5.74) is 0. The third-order valence-electron chi connectivity index (χ3n) is 2.91. The molecule has 17 heavy (non-hydrogen) atoms. The van der Waals surface area contributed by atoms with Crippen molar-refractivity contribution in [2.75, 3.05) is 6.54 Å². The van der Waals surface area contributed by atoms with E-state index in [1.807, 2.05) is 0 Å². The molecule has 1 aliphatic heterocycles. The van der Waals surface area contributed by atoms with Gasteiger partial charge >= 0.3 is 0 Å². The van der Waals surface area contributed by atoms with E-state index in [2.05, 4.69) is 26.9 Å². The van der Waals surface area contributed by atoms with Crippen LogP contribution in [0.1, 0.15) is 25.6 Å². The fourth-order valence-corrected chi connectivity index (χ4v) is 3.31. The number of hydrogen-bond acceptors (Lipinski definition) is 4. The zero-order chi connectivity index (χ0) is 12.5. The highest BCUT2D eigenvalue weighted by atomic mass is 32.2. The molecule has 2 atom stereocenters. The molecule has 3 N–H and O–H groups in total. The van der Waals surface area contributed by atoms with Gasteiger partial charge in [0.25, 0.3) is 10.0 Å². The van der Waals surface area contributed by atoms with Crippen molar-refractivity contribution in [2.24, 2.45) is 0 Å². The van der Waals surface area contributed by atoms with E-state index in [0.29, 0.717) is 11.9 Å². The molecule has 7 heteroatoms. The lowest BCUT2D eigenvalue weighted by Crippen LogP contribution is -2.46. The number of imidazole rings is 1. The molecular weight excluding hydrogens is 240 g/mol. The fraction of sp³-hybridized carbons (Fsp3) is 0.700. The Kier molecular flexibility index (Phi) is 3.50. The Bertz CT molecular complexity index is 482. The topological polar surface area (TPSA) is 86.9 Å². The Balaban J connectivity index is 2.07. The monoisotopic (exact) mass is 258 g/mol. The zero-order valence-electron chi connectivity index (χ0n) is 10.0. The fourth-order valence-electron chi connectivity index (χ4n) is 2.06. The number of aromatic nitrogens is 2. The highest BCUT2D eigenvalue weighted by molar-refractivity contribution is 7.89. The number of aromatic amines is 1. The molecule has 0 aliphatic carbocycles. The van der Waals surface area contributed by atoms with Crippen LogP contribution in [0.15, 0.2) is 11.2 Å². The predicted molar refractivity (Wildman–Crippen MR) is 64.1 cm³/mol. The molecule has 0 saturated carbocycles. The smallest absolute Gasteiger partial charge is 0.257 e. The number of rotatable bonds is 3. The number of nitrogens with one attached hydrogen (secondary N) is 3. The van der Waals surface area contributed by atoms with Crippen LogP contribution in [0, 0.1) is 6.92 Å². The van der Waals surface area contributed by atoms with Crippen LogP contribution in [0.4, 0.5) is 0 Å². The van der Waals surface area contributed by atoms with Gasteiger partial charge in [-0.2, -0.15) is 0 Å². The minimum Gasteiger partial charge on any atom is -0.332 e. The molecule has 1 aliphatic rings. The maximum absolute atomic E-state index is 12.0. The first-order valence-electron chi connectivity index (χ1n) is 5.75. The van der Waals surface area contributed by atoms with Gasteiger partial charge < -0.3 is 10.3 Å². The third-order valence-corrected chi connectivity index (χ3v) is 4.34. The van der Waals surface area contributed by atoms with Crippen molar-refractivity contribution in [3.63, 3.8) is 0 Å². The number of H-pyrrole nitrogens is 1. The van der Waals surface area contributed by atoms with E-state index in [-0.39, 0.29) is 11.1 Å². The number of hydrogen-bond donors (Lipinski definition) is 3. The quantitative estimate of drug-likeness (QED) is 0.719. The highest BCUT2D eigenvalue weighted by Gasteiger charge is 2.25. The number of aryl methyl sites for hydroxylation is 1. The molecular formula is C10H18N4O2S. The Morgan fingerprint density at radius 1 is 1.53 bits per heavy atom. The van der Waals surface area contributed by atoms with Gasteiger partial charge in [-0.05, 0) is 33.2 Å². The molecule has 1 aromatic rings. The van der Waals surface area contributed by atoms with Gasteiger partial charge in [-0.3, -0.25) is 0 Å². The van der Waals surface area contributed by atoms with Crippen LogP contribution in [-0.2, 0) is 10.0 Å². The summed E-state index contributed by atoms with van der Waals surface area (Å²) < 4.78 is 26.8. The minimum absolute atomic E-state index is 0.000133. The molecule has 2 rings (SSSR count). The van der Waals surface area contributed by atoms with Crippen LogP contribution in [-0.4, -0.2) is 37.0 Å². The first-order valence-corrected chi connectivity index (χ1v) is 7.23. The van der Waals surface area contributed by atoms with Gasteiger partial charge in [0.05, 0.1) is 6.20 Å². The van der Waals surface area contributed by atoms with E-state index < -0.39 is 10.0 Å². The second-order valence-corrected chi connectivity index (χ2v) is 6.21. The highest BCUT2D eigenvalue weighted by Crippen LogP contribution is 2.12. The molecule has 0 radical (unpaired) electrons. The van der Waals surface area contributed by atoms with Gasteiger partial charge in [-0.1, -0.05) is 0 Å². The minimum atomic E-state index is -3.46. The van der Waals surface area contributed by atoms with Crippen LogP contribution in [0.3, 0.4) is 0 Å². The van der Waals surface area contributed by atoms with Gasteiger partial charge in [0, 0.05) is 12.1 Å². The SMILES string of the molecule is Cc1ncc(S(=O)(=O)NC2CCNC(C)C2)[nH]1. The maximum atomic E-state index is 12.0. The van der Waals surface area contributed by atoms with E-state index in [4.69, 9.17) is 0 Å². The summed E-state index contributed by atoms with van der Waals surface area (Å²) in [6.07, 6.45) is 2.98. The summed E-state index contributed by atoms with van der Waals surface area (Å²) in [5, 5.41) is 3.43. The number of sulfonamides is 1. The molecule has 6 nitrogen and oxygen atoms in total. The van der Waals surface area contributed by atoms with E-state index in [1.165, 1.54) is 6.20 Å². The Labute approximate surface area is 101 Å². The zero-order valence-corrected chi connectivity index (χ0v) is 10.8. The standard InChI is InChI=1S/C10H18N4O2S/c1-7-5-9(3-4-11-7)14-17(15,16)10-6-12-8(2)13-10/h6-7,9,11,14H,3-5H2,1-2H3,(H,12,13). The summed E-state index contributed by atoms with van der Waals surface area (Å²) >= 11 is 0. The van der Waals surface area contributed by atoms with Crippen LogP contribution in [0.25, 0.3) is 0 Å². The molecule has 1 saturated heterocycles. The van der Waals surface area contributed by atoms with Crippen LogP contribution < -0.4 is 10.0 Å². The Morgan fingerprint density at radius 3 is 2.88 bits per heavy atom. The summed E-state index contributed by atoms with van der Waals surface area (Å²) in [6, 6.07) is 0.347. The van der Waals surface area contributed by atoms with Crippen LogP contribution >= 0.6 is 0 Å². The molecule has 0 aromatic carbocycles. The van der Waals surface area contributed by atoms with Crippen molar-refractivity contribution in [1.82, 2.24) is 20.0 Å². The summed E-state index contributed by atoms with van der Waals surface area (Å²) in [6.45, 7) is 4.63. The number of piperidine rings is 1. The van der Waals surface area contributed by atoms with E-state index in [0.717, 1.165) is 19.4 Å². The van der Waals surface area contributed by atoms with Gasteiger partial charge in [0.15, 0.2) is 5.03 Å². The summed E-state index contributed by atoms with van der Waals surface area (Å²) in [4.78, 5) is 6.64. The van der Waals surface area contributed by atoms with E-state index in [9.17, 15) is 8.42 Å². The van der Waals surface area contributed by atoms with Gasteiger partial charge in [0.1, 0.15) is 5.82 Å². The Morgan fingerprint density at radius 2 is 2.29 bits per heavy atom. The van der Waals surface area contributed by atoms with Crippen LogP contribution in [0.5, 0.6) is 0 Å². The lowest BCUT2D eigenvalue weighted by Gasteiger charge is -2.28. The van der Waals surface area contributed by atoms with Crippen molar-refractivity contribution in [3.8, 4) is 0 Å². The second-order valence-electron chi connectivity index (χ2n) is 4.53. The lowest BCUT2D eigenvalue weighted by atomic mass is 10.0. The van der Waals surface area contributed by atoms with Crippen molar-refractivity contribution in [2.45, 2.75) is 43.8 Å². The third kappa shape index (κ3) is 3.05. The normalized spacial score (nSPS) is 26.0.